The number of benzene rings is 1. The average Bonchev–Trinajstić information content (AvgIpc) is 3.04. The monoisotopic (exact) mass is 406 g/mol. The van der Waals surface area contributed by atoms with E-state index in [9.17, 15) is 9.59 Å². The minimum atomic E-state index is -0.0834. The first kappa shape index (κ1) is 21.5. The molecule has 1 aromatic heterocycles. The van der Waals surface area contributed by atoms with Crippen molar-refractivity contribution in [1.29, 1.82) is 0 Å². The molecule has 6 heteroatoms. The van der Waals surface area contributed by atoms with Gasteiger partial charge in [0, 0.05) is 34.6 Å². The molecule has 0 radical (unpaired) electrons. The van der Waals surface area contributed by atoms with Crippen LogP contribution in [-0.2, 0) is 22.7 Å². The number of thiophene rings is 1. The summed E-state index contributed by atoms with van der Waals surface area (Å²) in [6.07, 6.45) is 0.246. The van der Waals surface area contributed by atoms with Gasteiger partial charge in [-0.1, -0.05) is 30.3 Å². The third-order valence-corrected chi connectivity index (χ3v) is 5.44. The summed E-state index contributed by atoms with van der Waals surface area (Å²) in [7, 11) is 0. The highest BCUT2D eigenvalue weighted by molar-refractivity contribution is 7.11. The minimum Gasteiger partial charge on any atom is -0.332 e. The summed E-state index contributed by atoms with van der Waals surface area (Å²) in [5.41, 5.74) is 1.07. The SMILES string of the molecule is Cc1ccc(CN(Cc2ccccc2)C(=O)CN(C(=O)CCCl)C(C)C)s1. The molecule has 0 N–H and O–H groups in total. The average molecular weight is 407 g/mol. The quantitative estimate of drug-likeness (QED) is 0.577. The van der Waals surface area contributed by atoms with E-state index in [0.29, 0.717) is 13.1 Å². The second kappa shape index (κ2) is 10.5. The summed E-state index contributed by atoms with van der Waals surface area (Å²) in [6.45, 7) is 7.04. The lowest BCUT2D eigenvalue weighted by Gasteiger charge is -2.30. The first-order chi connectivity index (χ1) is 12.9. The van der Waals surface area contributed by atoms with Gasteiger partial charge in [-0.05, 0) is 38.5 Å². The Hall–Kier alpha value is -1.85. The van der Waals surface area contributed by atoms with Crippen LogP contribution in [0.15, 0.2) is 42.5 Å². The van der Waals surface area contributed by atoms with Gasteiger partial charge < -0.3 is 9.80 Å². The third kappa shape index (κ3) is 6.67. The number of aryl methyl sites for hydroxylation is 1. The molecule has 0 aliphatic carbocycles. The van der Waals surface area contributed by atoms with E-state index >= 15 is 0 Å². The van der Waals surface area contributed by atoms with Crippen molar-refractivity contribution < 1.29 is 9.59 Å². The lowest BCUT2D eigenvalue weighted by Crippen LogP contribution is -2.45. The zero-order valence-corrected chi connectivity index (χ0v) is 17.7. The van der Waals surface area contributed by atoms with Crippen molar-refractivity contribution in [2.45, 2.75) is 46.3 Å². The van der Waals surface area contributed by atoms with Crippen LogP contribution in [0.1, 0.15) is 35.6 Å². The fourth-order valence-corrected chi connectivity index (χ4v) is 3.89. The maximum Gasteiger partial charge on any atom is 0.242 e. The maximum atomic E-state index is 13.1. The first-order valence-corrected chi connectivity index (χ1v) is 10.5. The van der Waals surface area contributed by atoms with Crippen LogP contribution in [0.4, 0.5) is 0 Å². The van der Waals surface area contributed by atoms with Gasteiger partial charge in [0.05, 0.1) is 13.1 Å². The Bertz CT molecular complexity index is 746. The van der Waals surface area contributed by atoms with E-state index in [1.54, 1.807) is 16.2 Å². The molecule has 0 fully saturated rings. The molecule has 0 unspecified atom stereocenters. The van der Waals surface area contributed by atoms with E-state index in [-0.39, 0.29) is 36.7 Å². The maximum absolute atomic E-state index is 13.1. The number of alkyl halides is 1. The highest BCUT2D eigenvalue weighted by Crippen LogP contribution is 2.19. The second-order valence-corrected chi connectivity index (χ2v) is 8.55. The number of halogens is 1. The molecule has 1 aromatic carbocycles. The summed E-state index contributed by atoms with van der Waals surface area (Å²) in [4.78, 5) is 31.2. The number of nitrogens with zero attached hydrogens (tertiary/aromatic N) is 2. The Morgan fingerprint density at radius 1 is 1.04 bits per heavy atom. The van der Waals surface area contributed by atoms with Crippen LogP contribution in [0.3, 0.4) is 0 Å². The van der Waals surface area contributed by atoms with Crippen molar-refractivity contribution in [2.75, 3.05) is 12.4 Å². The molecule has 4 nitrogen and oxygen atoms in total. The van der Waals surface area contributed by atoms with Crippen molar-refractivity contribution in [3.8, 4) is 0 Å². The Morgan fingerprint density at radius 2 is 1.74 bits per heavy atom. The van der Waals surface area contributed by atoms with Crippen molar-refractivity contribution in [1.82, 2.24) is 9.80 Å². The Kier molecular flexibility index (Phi) is 8.32. The fourth-order valence-electron chi connectivity index (χ4n) is 2.82. The number of carbonyl (C=O) groups is 2. The third-order valence-electron chi connectivity index (χ3n) is 4.27. The molecule has 0 aliphatic heterocycles. The van der Waals surface area contributed by atoms with Crippen molar-refractivity contribution >= 4 is 34.8 Å². The lowest BCUT2D eigenvalue weighted by atomic mass is 10.2. The molecule has 2 amide bonds. The molecule has 146 valence electrons. The van der Waals surface area contributed by atoms with Gasteiger partial charge in [0.25, 0.3) is 0 Å². The molecule has 0 saturated heterocycles. The molecule has 0 atom stereocenters. The smallest absolute Gasteiger partial charge is 0.242 e. The highest BCUT2D eigenvalue weighted by Gasteiger charge is 2.23. The standard InChI is InChI=1S/C21H27ClN2O2S/c1-16(2)24(20(25)11-12-22)15-21(26)23(13-18-7-5-4-6-8-18)14-19-10-9-17(3)27-19/h4-10,16H,11-15H2,1-3H3. The van der Waals surface area contributed by atoms with Gasteiger partial charge in [-0.2, -0.15) is 0 Å². The predicted molar refractivity (Wildman–Crippen MR) is 112 cm³/mol. The van der Waals surface area contributed by atoms with Crippen LogP contribution in [0.5, 0.6) is 0 Å². The van der Waals surface area contributed by atoms with Crippen LogP contribution in [0.25, 0.3) is 0 Å². The van der Waals surface area contributed by atoms with E-state index in [4.69, 9.17) is 11.6 Å². The normalized spacial score (nSPS) is 10.9. The lowest BCUT2D eigenvalue weighted by molar-refractivity contribution is -0.142. The number of carbonyl (C=O) groups excluding carboxylic acids is 2. The summed E-state index contributed by atoms with van der Waals surface area (Å²) >= 11 is 7.41. The molecule has 2 rings (SSSR count). The zero-order chi connectivity index (χ0) is 19.8. The topological polar surface area (TPSA) is 40.6 Å². The van der Waals surface area contributed by atoms with E-state index in [2.05, 4.69) is 19.1 Å². The van der Waals surface area contributed by atoms with E-state index < -0.39 is 0 Å². The molecular formula is C21H27ClN2O2S. The highest BCUT2D eigenvalue weighted by atomic mass is 35.5. The molecule has 2 aromatic rings. The van der Waals surface area contributed by atoms with Gasteiger partial charge in [-0.15, -0.1) is 22.9 Å². The van der Waals surface area contributed by atoms with Gasteiger partial charge in [0.1, 0.15) is 0 Å². The van der Waals surface area contributed by atoms with E-state index in [1.165, 1.54) is 4.88 Å². The Labute approximate surface area is 170 Å². The largest absolute Gasteiger partial charge is 0.332 e. The summed E-state index contributed by atoms with van der Waals surface area (Å²) in [6, 6.07) is 14.0. The minimum absolute atomic E-state index is 0.0489. The number of amides is 2. The van der Waals surface area contributed by atoms with Crippen molar-refractivity contribution in [3.63, 3.8) is 0 Å². The second-order valence-electron chi connectivity index (χ2n) is 6.80. The van der Waals surface area contributed by atoms with Gasteiger partial charge in [0.15, 0.2) is 0 Å². The zero-order valence-electron chi connectivity index (χ0n) is 16.2. The van der Waals surface area contributed by atoms with Crippen LogP contribution in [-0.4, -0.2) is 40.1 Å². The van der Waals surface area contributed by atoms with Crippen molar-refractivity contribution in [2.24, 2.45) is 0 Å². The molecule has 1 heterocycles. The number of rotatable bonds is 9. The first-order valence-electron chi connectivity index (χ1n) is 9.13. The van der Waals surface area contributed by atoms with E-state index in [1.807, 2.05) is 49.1 Å². The Balaban J connectivity index is 2.17. The van der Waals surface area contributed by atoms with Gasteiger partial charge in [0.2, 0.25) is 11.8 Å². The van der Waals surface area contributed by atoms with E-state index in [0.717, 1.165) is 10.4 Å². The summed E-state index contributed by atoms with van der Waals surface area (Å²) in [5, 5.41) is 0. The summed E-state index contributed by atoms with van der Waals surface area (Å²) in [5.74, 6) is 0.125. The Morgan fingerprint density at radius 3 is 2.30 bits per heavy atom. The molecule has 0 aliphatic rings. The molecule has 0 bridgehead atoms. The summed E-state index contributed by atoms with van der Waals surface area (Å²) < 4.78 is 0. The molecule has 0 saturated carbocycles. The molecule has 27 heavy (non-hydrogen) atoms. The number of hydrogen-bond acceptors (Lipinski definition) is 3. The van der Waals surface area contributed by atoms with Gasteiger partial charge in [-0.25, -0.2) is 0 Å². The van der Waals surface area contributed by atoms with Crippen molar-refractivity contribution in [3.05, 3.63) is 57.8 Å². The predicted octanol–water partition coefficient (Wildman–Crippen LogP) is 4.45. The van der Waals surface area contributed by atoms with Crippen LogP contribution in [0.2, 0.25) is 0 Å². The van der Waals surface area contributed by atoms with Gasteiger partial charge >= 0.3 is 0 Å². The van der Waals surface area contributed by atoms with Crippen LogP contribution < -0.4 is 0 Å². The number of hydrogen-bond donors (Lipinski definition) is 0. The van der Waals surface area contributed by atoms with Crippen LogP contribution >= 0.6 is 22.9 Å². The van der Waals surface area contributed by atoms with Crippen LogP contribution in [0, 0.1) is 6.92 Å². The molecule has 0 spiro atoms. The van der Waals surface area contributed by atoms with Gasteiger partial charge in [-0.3, -0.25) is 9.59 Å². The fraction of sp³-hybridized carbons (Fsp3) is 0.429. The molecular weight excluding hydrogens is 380 g/mol.